The van der Waals surface area contributed by atoms with Crippen LogP contribution in [-0.4, -0.2) is 15.0 Å². The van der Waals surface area contributed by atoms with Gasteiger partial charge in [0.2, 0.25) is 0 Å². The van der Waals surface area contributed by atoms with E-state index in [2.05, 4.69) is 15.0 Å². The Morgan fingerprint density at radius 3 is 2.45 bits per heavy atom. The molecule has 0 amide bonds. The molecule has 3 nitrogen and oxygen atoms in total. The van der Waals surface area contributed by atoms with Crippen LogP contribution in [0.2, 0.25) is 0 Å². The van der Waals surface area contributed by atoms with Crippen LogP contribution in [-0.2, 0) is 12.6 Å². The van der Waals surface area contributed by atoms with Gasteiger partial charge >= 0.3 is 6.18 Å². The Bertz CT molecular complexity index is 696. The first-order valence-corrected chi connectivity index (χ1v) is 5.98. The number of H-pyrrole nitrogens is 1. The molecule has 0 aliphatic rings. The Kier molecular flexibility index (Phi) is 2.93. The molecule has 3 rings (SSSR count). The van der Waals surface area contributed by atoms with Gasteiger partial charge in [-0.05, 0) is 29.8 Å². The molecule has 2 aromatic heterocycles. The fraction of sp³-hybridized carbons (Fsp3) is 0.143. The van der Waals surface area contributed by atoms with Gasteiger partial charge in [0.25, 0.3) is 0 Å². The Balaban J connectivity index is 1.84. The van der Waals surface area contributed by atoms with E-state index in [1.165, 1.54) is 12.1 Å². The molecule has 0 spiro atoms. The summed E-state index contributed by atoms with van der Waals surface area (Å²) in [5, 5.41) is 0. The number of nitrogens with zero attached hydrogens (tertiary/aromatic N) is 2. The topological polar surface area (TPSA) is 41.6 Å². The number of aromatic amines is 1. The Morgan fingerprint density at radius 2 is 1.80 bits per heavy atom. The molecule has 0 saturated heterocycles. The molecule has 0 bridgehead atoms. The summed E-state index contributed by atoms with van der Waals surface area (Å²) < 4.78 is 37.4. The fourth-order valence-corrected chi connectivity index (χ4v) is 1.98. The van der Waals surface area contributed by atoms with Crippen LogP contribution < -0.4 is 0 Å². The van der Waals surface area contributed by atoms with Crippen LogP contribution in [0.15, 0.2) is 42.6 Å². The van der Waals surface area contributed by atoms with E-state index in [0.29, 0.717) is 17.9 Å². The van der Waals surface area contributed by atoms with Crippen molar-refractivity contribution in [3.05, 3.63) is 59.5 Å². The highest BCUT2D eigenvalue weighted by atomic mass is 19.4. The maximum atomic E-state index is 12.5. The van der Waals surface area contributed by atoms with Crippen LogP contribution in [0, 0.1) is 0 Å². The maximum Gasteiger partial charge on any atom is 0.416 e. The lowest BCUT2D eigenvalue weighted by Crippen LogP contribution is -2.04. The van der Waals surface area contributed by atoms with Crippen molar-refractivity contribution in [1.29, 1.82) is 0 Å². The van der Waals surface area contributed by atoms with E-state index in [1.807, 2.05) is 6.07 Å². The summed E-state index contributed by atoms with van der Waals surface area (Å²) in [6.45, 7) is 0. The largest absolute Gasteiger partial charge is 0.416 e. The molecule has 2 heterocycles. The van der Waals surface area contributed by atoms with Crippen LogP contribution in [0.1, 0.15) is 17.0 Å². The monoisotopic (exact) mass is 277 g/mol. The first-order valence-electron chi connectivity index (χ1n) is 5.98. The molecule has 0 atom stereocenters. The lowest BCUT2D eigenvalue weighted by molar-refractivity contribution is -0.137. The van der Waals surface area contributed by atoms with Crippen molar-refractivity contribution in [3.8, 4) is 0 Å². The summed E-state index contributed by atoms with van der Waals surface area (Å²) in [6.07, 6.45) is -2.22. The highest BCUT2D eigenvalue weighted by Crippen LogP contribution is 2.29. The molecule has 3 aromatic rings. The van der Waals surface area contributed by atoms with Crippen molar-refractivity contribution in [2.24, 2.45) is 0 Å². The minimum absolute atomic E-state index is 0.439. The standard InChI is InChI=1S/C14H10F3N3/c15-14(16,17)10-5-3-9(4-6-10)8-12-19-11-2-1-7-18-13(11)20-12/h1-7H,8H2,(H,18,19,20). The number of hydrogen-bond acceptors (Lipinski definition) is 2. The number of pyridine rings is 1. The number of aromatic nitrogens is 3. The zero-order chi connectivity index (χ0) is 14.2. The second-order valence-corrected chi connectivity index (χ2v) is 4.43. The van der Waals surface area contributed by atoms with Gasteiger partial charge in [-0.15, -0.1) is 0 Å². The van der Waals surface area contributed by atoms with Crippen LogP contribution in [0.3, 0.4) is 0 Å². The summed E-state index contributed by atoms with van der Waals surface area (Å²) in [6, 6.07) is 8.73. The first kappa shape index (κ1) is 12.7. The molecule has 0 unspecified atom stereocenters. The van der Waals surface area contributed by atoms with Gasteiger partial charge in [-0.25, -0.2) is 9.97 Å². The van der Waals surface area contributed by atoms with E-state index in [0.717, 1.165) is 23.2 Å². The smallest absolute Gasteiger partial charge is 0.340 e. The molecule has 0 saturated carbocycles. The Morgan fingerprint density at radius 1 is 1.05 bits per heavy atom. The zero-order valence-corrected chi connectivity index (χ0v) is 10.3. The predicted octanol–water partition coefficient (Wildman–Crippen LogP) is 3.57. The molecule has 1 aromatic carbocycles. The van der Waals surface area contributed by atoms with Gasteiger partial charge in [0.05, 0.1) is 11.1 Å². The van der Waals surface area contributed by atoms with E-state index in [4.69, 9.17) is 0 Å². The molecule has 1 N–H and O–H groups in total. The number of alkyl halides is 3. The second kappa shape index (κ2) is 4.63. The van der Waals surface area contributed by atoms with Crippen LogP contribution in [0.25, 0.3) is 11.2 Å². The SMILES string of the molecule is FC(F)(F)c1ccc(Cc2nc3ncccc3[nH]2)cc1. The van der Waals surface area contributed by atoms with Gasteiger partial charge in [-0.2, -0.15) is 13.2 Å². The minimum Gasteiger partial charge on any atom is -0.340 e. The molecule has 20 heavy (non-hydrogen) atoms. The molecule has 0 fully saturated rings. The number of benzene rings is 1. The lowest BCUT2D eigenvalue weighted by Gasteiger charge is -2.06. The third-order valence-corrected chi connectivity index (χ3v) is 2.96. The van der Waals surface area contributed by atoms with Crippen LogP contribution >= 0.6 is 0 Å². The van der Waals surface area contributed by atoms with E-state index < -0.39 is 11.7 Å². The van der Waals surface area contributed by atoms with E-state index in [9.17, 15) is 13.2 Å². The molecular weight excluding hydrogens is 267 g/mol. The molecule has 6 heteroatoms. The third kappa shape index (κ3) is 2.49. The van der Waals surface area contributed by atoms with E-state index >= 15 is 0 Å². The number of rotatable bonds is 2. The summed E-state index contributed by atoms with van der Waals surface area (Å²) in [4.78, 5) is 11.5. The van der Waals surface area contributed by atoms with Crippen molar-refractivity contribution >= 4 is 11.2 Å². The maximum absolute atomic E-state index is 12.5. The third-order valence-electron chi connectivity index (χ3n) is 2.96. The van der Waals surface area contributed by atoms with E-state index in [1.54, 1.807) is 12.3 Å². The summed E-state index contributed by atoms with van der Waals surface area (Å²) in [7, 11) is 0. The second-order valence-electron chi connectivity index (χ2n) is 4.43. The van der Waals surface area contributed by atoms with Gasteiger partial charge in [-0.1, -0.05) is 12.1 Å². The lowest BCUT2D eigenvalue weighted by atomic mass is 10.1. The van der Waals surface area contributed by atoms with Gasteiger partial charge in [0.15, 0.2) is 5.65 Å². The van der Waals surface area contributed by atoms with Crippen molar-refractivity contribution in [2.45, 2.75) is 12.6 Å². The van der Waals surface area contributed by atoms with Gasteiger partial charge in [-0.3, -0.25) is 0 Å². The molecule has 0 aliphatic heterocycles. The summed E-state index contributed by atoms with van der Waals surface area (Å²) >= 11 is 0. The molecule has 102 valence electrons. The first-order chi connectivity index (χ1) is 9.52. The van der Waals surface area contributed by atoms with Crippen molar-refractivity contribution in [2.75, 3.05) is 0 Å². The van der Waals surface area contributed by atoms with Crippen molar-refractivity contribution < 1.29 is 13.2 Å². The highest BCUT2D eigenvalue weighted by molar-refractivity contribution is 5.69. The molecular formula is C14H10F3N3. The van der Waals surface area contributed by atoms with Crippen LogP contribution in [0.5, 0.6) is 0 Å². The number of nitrogens with one attached hydrogen (secondary N) is 1. The number of fused-ring (bicyclic) bond motifs is 1. The zero-order valence-electron chi connectivity index (χ0n) is 10.3. The number of hydrogen-bond donors (Lipinski definition) is 1. The van der Waals surface area contributed by atoms with Gasteiger partial charge < -0.3 is 4.98 Å². The van der Waals surface area contributed by atoms with E-state index in [-0.39, 0.29) is 0 Å². The van der Waals surface area contributed by atoms with Gasteiger partial charge in [0.1, 0.15) is 5.82 Å². The van der Waals surface area contributed by atoms with Gasteiger partial charge in [0, 0.05) is 12.6 Å². The van der Waals surface area contributed by atoms with Crippen LogP contribution in [0.4, 0.5) is 13.2 Å². The Labute approximate surface area is 112 Å². The number of imidazole rings is 1. The number of halogens is 3. The van der Waals surface area contributed by atoms with Crippen molar-refractivity contribution in [1.82, 2.24) is 15.0 Å². The normalized spacial score (nSPS) is 11.9. The average molecular weight is 277 g/mol. The highest BCUT2D eigenvalue weighted by Gasteiger charge is 2.29. The average Bonchev–Trinajstić information content (AvgIpc) is 2.80. The predicted molar refractivity (Wildman–Crippen MR) is 68.1 cm³/mol. The fourth-order valence-electron chi connectivity index (χ4n) is 1.98. The molecule has 0 radical (unpaired) electrons. The summed E-state index contributed by atoms with van der Waals surface area (Å²) in [5.74, 6) is 0.679. The summed E-state index contributed by atoms with van der Waals surface area (Å²) in [5.41, 5.74) is 1.54. The Hall–Kier alpha value is -2.37. The minimum atomic E-state index is -4.30. The van der Waals surface area contributed by atoms with Crippen molar-refractivity contribution in [3.63, 3.8) is 0 Å². The quantitative estimate of drug-likeness (QED) is 0.778. The molecule has 0 aliphatic carbocycles.